The van der Waals surface area contributed by atoms with Gasteiger partial charge in [0.05, 0.1) is 29.4 Å². The molecule has 0 unspecified atom stereocenters. The zero-order chi connectivity index (χ0) is 21.5. The van der Waals surface area contributed by atoms with Gasteiger partial charge in [-0.1, -0.05) is 30.3 Å². The number of para-hydroxylation sites is 1. The predicted octanol–water partition coefficient (Wildman–Crippen LogP) is 3.33. The number of benzene rings is 1. The van der Waals surface area contributed by atoms with Gasteiger partial charge >= 0.3 is 0 Å². The zero-order valence-corrected chi connectivity index (χ0v) is 17.1. The lowest BCUT2D eigenvalue weighted by atomic mass is 9.98. The van der Waals surface area contributed by atoms with Crippen LogP contribution in [0.2, 0.25) is 0 Å². The summed E-state index contributed by atoms with van der Waals surface area (Å²) < 4.78 is 1.58. The largest absolute Gasteiger partial charge is 0.348 e. The van der Waals surface area contributed by atoms with Crippen LogP contribution in [0, 0.1) is 0 Å². The molecule has 32 heavy (non-hydrogen) atoms. The van der Waals surface area contributed by atoms with Gasteiger partial charge in [-0.3, -0.25) is 9.78 Å². The van der Waals surface area contributed by atoms with E-state index in [2.05, 4.69) is 20.1 Å². The van der Waals surface area contributed by atoms with Crippen LogP contribution in [-0.2, 0) is 6.42 Å². The van der Waals surface area contributed by atoms with Crippen LogP contribution in [0.5, 0.6) is 0 Å². The van der Waals surface area contributed by atoms with Crippen LogP contribution in [0.25, 0.3) is 16.7 Å². The van der Waals surface area contributed by atoms with E-state index in [1.807, 2.05) is 59.5 Å². The number of imidazole rings is 1. The smallest absolute Gasteiger partial charge is 0.273 e. The molecular formula is C24H19N7O. The molecule has 5 aromatic rings. The quantitative estimate of drug-likeness (QED) is 0.482. The van der Waals surface area contributed by atoms with Crippen molar-refractivity contribution in [2.75, 3.05) is 6.54 Å². The molecule has 0 radical (unpaired) electrons. The minimum atomic E-state index is -0.394. The fourth-order valence-electron chi connectivity index (χ4n) is 4.30. The molecule has 0 fully saturated rings. The second kappa shape index (κ2) is 7.42. The van der Waals surface area contributed by atoms with Gasteiger partial charge in [0.2, 0.25) is 0 Å². The molecule has 0 spiro atoms. The van der Waals surface area contributed by atoms with E-state index in [0.717, 1.165) is 28.0 Å². The maximum Gasteiger partial charge on any atom is 0.273 e. The number of aromatic nitrogens is 6. The van der Waals surface area contributed by atoms with Crippen LogP contribution >= 0.6 is 0 Å². The number of carbonyl (C=O) groups excluding carboxylic acids is 1. The Morgan fingerprint density at radius 3 is 2.78 bits per heavy atom. The number of aromatic amines is 1. The number of carbonyl (C=O) groups is 1. The van der Waals surface area contributed by atoms with Crippen LogP contribution in [0.3, 0.4) is 0 Å². The average Bonchev–Trinajstić information content (AvgIpc) is 3.53. The first-order valence-corrected chi connectivity index (χ1v) is 10.4. The van der Waals surface area contributed by atoms with Gasteiger partial charge in [-0.15, -0.1) is 0 Å². The summed E-state index contributed by atoms with van der Waals surface area (Å²) in [4.78, 5) is 32.7. The third kappa shape index (κ3) is 2.96. The number of hydrogen-bond acceptors (Lipinski definition) is 5. The molecule has 1 aromatic carbocycles. The Hall–Kier alpha value is -4.33. The fourth-order valence-corrected chi connectivity index (χ4v) is 4.30. The molecule has 1 aliphatic heterocycles. The van der Waals surface area contributed by atoms with E-state index in [4.69, 9.17) is 4.98 Å². The van der Waals surface area contributed by atoms with Gasteiger partial charge in [0.15, 0.2) is 5.82 Å². The predicted molar refractivity (Wildman–Crippen MR) is 118 cm³/mol. The summed E-state index contributed by atoms with van der Waals surface area (Å²) in [5, 5.41) is 5.40. The number of fused-ring (bicyclic) bond motifs is 2. The van der Waals surface area contributed by atoms with Crippen LogP contribution in [0.4, 0.5) is 0 Å². The number of nitrogens with one attached hydrogen (secondary N) is 1. The van der Waals surface area contributed by atoms with Gasteiger partial charge in [0.25, 0.3) is 5.91 Å². The van der Waals surface area contributed by atoms with Crippen LogP contribution in [0.15, 0.2) is 79.4 Å². The Labute approximate surface area is 183 Å². The fraction of sp³-hybridized carbons (Fsp3) is 0.125. The Kier molecular flexibility index (Phi) is 4.28. The summed E-state index contributed by atoms with van der Waals surface area (Å²) in [6.45, 7) is 0.542. The molecule has 6 rings (SSSR count). The SMILES string of the molecule is O=C(c1ccnn1-c1ccccn1)N1CCc2[nH]cnc2[C@@H]1c1ccc2ccccc2n1. The molecule has 8 nitrogen and oxygen atoms in total. The number of rotatable bonds is 3. The highest BCUT2D eigenvalue weighted by molar-refractivity contribution is 5.94. The van der Waals surface area contributed by atoms with Gasteiger partial charge in [0, 0.05) is 30.2 Å². The van der Waals surface area contributed by atoms with Crippen molar-refractivity contribution in [3.8, 4) is 5.82 Å². The number of pyridine rings is 2. The van der Waals surface area contributed by atoms with Crippen LogP contribution in [0.1, 0.15) is 33.6 Å². The highest BCUT2D eigenvalue weighted by atomic mass is 16.2. The molecule has 1 aliphatic rings. The number of nitrogens with zero attached hydrogens (tertiary/aromatic N) is 6. The summed E-state index contributed by atoms with van der Waals surface area (Å²) in [6, 6.07) is 18.9. The van der Waals surface area contributed by atoms with Crippen molar-refractivity contribution in [2.24, 2.45) is 0 Å². The average molecular weight is 421 g/mol. The molecule has 4 aromatic heterocycles. The molecule has 0 aliphatic carbocycles. The molecule has 1 N–H and O–H groups in total. The van der Waals surface area contributed by atoms with Crippen molar-refractivity contribution < 1.29 is 4.79 Å². The minimum absolute atomic E-state index is 0.137. The minimum Gasteiger partial charge on any atom is -0.348 e. The van der Waals surface area contributed by atoms with Crippen LogP contribution < -0.4 is 0 Å². The number of hydrogen-bond donors (Lipinski definition) is 1. The molecule has 156 valence electrons. The summed E-state index contributed by atoms with van der Waals surface area (Å²) in [7, 11) is 0. The van der Waals surface area contributed by atoms with E-state index in [1.54, 1.807) is 29.5 Å². The van der Waals surface area contributed by atoms with E-state index in [9.17, 15) is 4.79 Å². The van der Waals surface area contributed by atoms with Gasteiger partial charge in [-0.2, -0.15) is 5.10 Å². The lowest BCUT2D eigenvalue weighted by Gasteiger charge is -2.34. The topological polar surface area (TPSA) is 92.6 Å². The first-order chi connectivity index (χ1) is 15.8. The zero-order valence-electron chi connectivity index (χ0n) is 17.1. The first-order valence-electron chi connectivity index (χ1n) is 10.4. The molecular weight excluding hydrogens is 402 g/mol. The summed E-state index contributed by atoms with van der Waals surface area (Å²) in [5.74, 6) is 0.459. The van der Waals surface area contributed by atoms with E-state index in [-0.39, 0.29) is 5.91 Å². The number of amides is 1. The third-order valence-corrected chi connectivity index (χ3v) is 5.81. The monoisotopic (exact) mass is 421 g/mol. The van der Waals surface area contributed by atoms with Crippen molar-refractivity contribution >= 4 is 16.8 Å². The summed E-state index contributed by atoms with van der Waals surface area (Å²) in [6.07, 6.45) is 5.69. The van der Waals surface area contributed by atoms with E-state index < -0.39 is 6.04 Å². The highest BCUT2D eigenvalue weighted by Gasteiger charge is 2.36. The number of H-pyrrole nitrogens is 1. The Morgan fingerprint density at radius 2 is 1.88 bits per heavy atom. The van der Waals surface area contributed by atoms with E-state index in [0.29, 0.717) is 24.5 Å². The summed E-state index contributed by atoms with van der Waals surface area (Å²) in [5.41, 5.74) is 3.99. The maximum atomic E-state index is 13.8. The second-order valence-electron chi connectivity index (χ2n) is 7.66. The molecule has 5 heterocycles. The van der Waals surface area contributed by atoms with Gasteiger partial charge < -0.3 is 9.88 Å². The third-order valence-electron chi connectivity index (χ3n) is 5.81. The Balaban J connectivity index is 1.45. The second-order valence-corrected chi connectivity index (χ2v) is 7.66. The normalized spacial score (nSPS) is 15.6. The maximum absolute atomic E-state index is 13.8. The summed E-state index contributed by atoms with van der Waals surface area (Å²) >= 11 is 0. The van der Waals surface area contributed by atoms with Crippen molar-refractivity contribution in [3.05, 3.63) is 102 Å². The molecule has 0 bridgehead atoms. The lowest BCUT2D eigenvalue weighted by Crippen LogP contribution is -2.41. The van der Waals surface area contributed by atoms with Gasteiger partial charge in [-0.25, -0.2) is 14.6 Å². The van der Waals surface area contributed by atoms with Crippen molar-refractivity contribution in [3.63, 3.8) is 0 Å². The van der Waals surface area contributed by atoms with E-state index in [1.165, 1.54) is 0 Å². The standard InChI is InChI=1S/C24H19N7O/c32-24(20-10-13-28-31(20)21-7-3-4-12-25-21)30-14-11-18-22(27-15-26-18)23(30)19-9-8-16-5-1-2-6-17(16)29-19/h1-10,12-13,15,23H,11,14H2,(H,26,27)/t23-/m0/s1. The van der Waals surface area contributed by atoms with Crippen molar-refractivity contribution in [2.45, 2.75) is 12.5 Å². The Bertz CT molecular complexity index is 1420. The van der Waals surface area contributed by atoms with Gasteiger partial charge in [-0.05, 0) is 30.3 Å². The molecule has 8 heteroatoms. The highest BCUT2D eigenvalue weighted by Crippen LogP contribution is 2.34. The lowest BCUT2D eigenvalue weighted by molar-refractivity contribution is 0.0678. The van der Waals surface area contributed by atoms with Crippen molar-refractivity contribution in [1.82, 2.24) is 34.6 Å². The van der Waals surface area contributed by atoms with Crippen LogP contribution in [-0.4, -0.2) is 47.1 Å². The van der Waals surface area contributed by atoms with Gasteiger partial charge in [0.1, 0.15) is 11.7 Å². The van der Waals surface area contributed by atoms with E-state index >= 15 is 0 Å². The molecule has 1 amide bonds. The van der Waals surface area contributed by atoms with Crippen molar-refractivity contribution in [1.29, 1.82) is 0 Å². The molecule has 1 atom stereocenters. The molecule has 0 saturated heterocycles. The first kappa shape index (κ1) is 18.4. The Morgan fingerprint density at radius 1 is 0.969 bits per heavy atom. The molecule has 0 saturated carbocycles.